The highest BCUT2D eigenvalue weighted by molar-refractivity contribution is 7.91. The lowest BCUT2D eigenvalue weighted by atomic mass is 9.93. The van der Waals surface area contributed by atoms with Crippen LogP contribution >= 0.6 is 11.3 Å². The fourth-order valence-corrected chi connectivity index (χ4v) is 5.64. The van der Waals surface area contributed by atoms with Crippen LogP contribution in [0.3, 0.4) is 0 Å². The molecular weight excluding hydrogens is 282 g/mol. The molecule has 1 aromatic heterocycles. The summed E-state index contributed by atoms with van der Waals surface area (Å²) in [5.41, 5.74) is 6.52. The molecule has 2 atom stereocenters. The first-order valence-electron chi connectivity index (χ1n) is 6.52. The maximum Gasteiger partial charge on any atom is 0.254 e. The highest BCUT2D eigenvalue weighted by atomic mass is 32.2. The molecule has 0 amide bonds. The van der Waals surface area contributed by atoms with Crippen LogP contribution in [0, 0.1) is 19.8 Å². The largest absolute Gasteiger partial charge is 0.328 e. The van der Waals surface area contributed by atoms with Gasteiger partial charge in [-0.1, -0.05) is 0 Å². The molecule has 0 aromatic carbocycles. The lowest BCUT2D eigenvalue weighted by molar-refractivity contribution is 0.243. The van der Waals surface area contributed by atoms with E-state index in [0.29, 0.717) is 23.0 Å². The first kappa shape index (κ1) is 14.9. The quantitative estimate of drug-likeness (QED) is 0.918. The zero-order valence-corrected chi connectivity index (χ0v) is 13.2. The van der Waals surface area contributed by atoms with E-state index in [1.807, 2.05) is 13.8 Å². The van der Waals surface area contributed by atoms with Crippen molar-refractivity contribution >= 4 is 21.4 Å². The molecule has 2 rings (SSSR count). The molecule has 0 bridgehead atoms. The minimum Gasteiger partial charge on any atom is -0.328 e. The van der Waals surface area contributed by atoms with E-state index in [9.17, 15) is 8.42 Å². The average molecular weight is 303 g/mol. The van der Waals surface area contributed by atoms with Gasteiger partial charge in [-0.2, -0.15) is 4.31 Å². The summed E-state index contributed by atoms with van der Waals surface area (Å²) in [5, 5.41) is 0.789. The van der Waals surface area contributed by atoms with E-state index in [0.717, 1.165) is 17.8 Å². The number of rotatable bonds is 3. The van der Waals surface area contributed by atoms with Crippen LogP contribution in [0.5, 0.6) is 0 Å². The molecule has 0 radical (unpaired) electrons. The Hall–Kier alpha value is -0.500. The summed E-state index contributed by atoms with van der Waals surface area (Å²) in [4.78, 5) is 4.21. The Morgan fingerprint density at radius 2 is 2.16 bits per heavy atom. The van der Waals surface area contributed by atoms with Gasteiger partial charge < -0.3 is 5.73 Å². The van der Waals surface area contributed by atoms with Crippen LogP contribution in [0.1, 0.15) is 30.5 Å². The molecule has 0 saturated carbocycles. The highest BCUT2D eigenvalue weighted by Gasteiger charge is 2.33. The molecule has 1 saturated heterocycles. The van der Waals surface area contributed by atoms with Crippen molar-refractivity contribution in [3.8, 4) is 0 Å². The Kier molecular flexibility index (Phi) is 4.29. The number of aromatic nitrogens is 1. The molecule has 1 aliphatic rings. The molecule has 0 spiro atoms. The van der Waals surface area contributed by atoms with E-state index in [-0.39, 0.29) is 12.0 Å². The molecule has 2 heterocycles. The second-order valence-corrected chi connectivity index (χ2v) is 8.57. The monoisotopic (exact) mass is 303 g/mol. The van der Waals surface area contributed by atoms with Crippen LogP contribution in [0.15, 0.2) is 4.21 Å². The molecule has 19 heavy (non-hydrogen) atoms. The predicted molar refractivity (Wildman–Crippen MR) is 76.7 cm³/mol. The van der Waals surface area contributed by atoms with Gasteiger partial charge in [-0.15, -0.1) is 11.3 Å². The third kappa shape index (κ3) is 2.99. The number of nitrogens with two attached hydrogens (primary N) is 1. The van der Waals surface area contributed by atoms with Crippen molar-refractivity contribution in [1.82, 2.24) is 9.29 Å². The standard InChI is InChI=1S/C12H21N3O2S2/c1-8(13)11-5-4-6-15(7-11)19(16,17)12-9(2)14-10(3)18-12/h8,11H,4-7,13H2,1-3H3/t8-,11+/m0/s1. The topological polar surface area (TPSA) is 76.3 Å². The van der Waals surface area contributed by atoms with E-state index in [2.05, 4.69) is 4.98 Å². The molecule has 0 aliphatic carbocycles. The van der Waals surface area contributed by atoms with Gasteiger partial charge in [0.25, 0.3) is 10.0 Å². The lowest BCUT2D eigenvalue weighted by Gasteiger charge is -2.33. The summed E-state index contributed by atoms with van der Waals surface area (Å²) >= 11 is 1.25. The van der Waals surface area contributed by atoms with Crippen LogP contribution < -0.4 is 5.73 Å². The molecular formula is C12H21N3O2S2. The smallest absolute Gasteiger partial charge is 0.254 e. The Balaban J connectivity index is 2.27. The highest BCUT2D eigenvalue weighted by Crippen LogP contribution is 2.30. The molecule has 7 heteroatoms. The minimum absolute atomic E-state index is 0.0299. The third-order valence-corrected chi connectivity index (χ3v) is 7.12. The number of aryl methyl sites for hydroxylation is 2. The van der Waals surface area contributed by atoms with Gasteiger partial charge in [0.05, 0.1) is 10.7 Å². The van der Waals surface area contributed by atoms with Gasteiger partial charge in [0, 0.05) is 19.1 Å². The predicted octanol–water partition coefficient (Wildman–Crippen LogP) is 1.51. The van der Waals surface area contributed by atoms with Crippen molar-refractivity contribution < 1.29 is 8.42 Å². The van der Waals surface area contributed by atoms with E-state index in [1.165, 1.54) is 11.3 Å². The fourth-order valence-electron chi connectivity index (χ4n) is 2.49. The Bertz CT molecular complexity index is 551. The van der Waals surface area contributed by atoms with Crippen molar-refractivity contribution in [2.75, 3.05) is 13.1 Å². The first-order chi connectivity index (χ1) is 8.82. The summed E-state index contributed by atoms with van der Waals surface area (Å²) in [5.74, 6) is 0.248. The number of thiazole rings is 1. The Morgan fingerprint density at radius 3 is 2.68 bits per heavy atom. The van der Waals surface area contributed by atoms with Crippen molar-refractivity contribution in [1.29, 1.82) is 0 Å². The second-order valence-electron chi connectivity index (χ2n) is 5.23. The summed E-state index contributed by atoms with van der Waals surface area (Å²) in [7, 11) is -3.40. The van der Waals surface area contributed by atoms with Gasteiger partial charge in [-0.25, -0.2) is 13.4 Å². The summed E-state index contributed by atoms with van der Waals surface area (Å²) in [6, 6.07) is 0.0299. The van der Waals surface area contributed by atoms with Gasteiger partial charge in [0.1, 0.15) is 0 Å². The molecule has 2 N–H and O–H groups in total. The average Bonchev–Trinajstić information content (AvgIpc) is 2.69. The number of piperidine rings is 1. The van der Waals surface area contributed by atoms with Crippen LogP contribution in [0.25, 0.3) is 0 Å². The summed E-state index contributed by atoms with van der Waals surface area (Å²) < 4.78 is 27.2. The van der Waals surface area contributed by atoms with Crippen LogP contribution in [0.4, 0.5) is 0 Å². The maximum atomic E-state index is 12.6. The van der Waals surface area contributed by atoms with Crippen LogP contribution in [-0.2, 0) is 10.0 Å². The SMILES string of the molecule is Cc1nc(C)c(S(=O)(=O)N2CCC[C@@H]([C@H](C)N)C2)s1. The van der Waals surface area contributed by atoms with Gasteiger partial charge in [0.2, 0.25) is 0 Å². The number of nitrogens with zero attached hydrogens (tertiary/aromatic N) is 2. The fraction of sp³-hybridized carbons (Fsp3) is 0.750. The number of sulfonamides is 1. The second kappa shape index (κ2) is 5.47. The molecule has 1 fully saturated rings. The van der Waals surface area contributed by atoms with Gasteiger partial charge in [0.15, 0.2) is 4.21 Å². The lowest BCUT2D eigenvalue weighted by Crippen LogP contribution is -2.44. The zero-order valence-electron chi connectivity index (χ0n) is 11.6. The maximum absolute atomic E-state index is 12.6. The number of hydrogen-bond acceptors (Lipinski definition) is 5. The van der Waals surface area contributed by atoms with E-state index >= 15 is 0 Å². The van der Waals surface area contributed by atoms with Gasteiger partial charge in [-0.05, 0) is 39.5 Å². The molecule has 1 aromatic rings. The van der Waals surface area contributed by atoms with E-state index in [1.54, 1.807) is 11.2 Å². The molecule has 108 valence electrons. The Morgan fingerprint density at radius 1 is 1.47 bits per heavy atom. The van der Waals surface area contributed by atoms with Gasteiger partial charge >= 0.3 is 0 Å². The zero-order chi connectivity index (χ0) is 14.2. The van der Waals surface area contributed by atoms with Gasteiger partial charge in [-0.3, -0.25) is 0 Å². The summed E-state index contributed by atoms with van der Waals surface area (Å²) in [6.07, 6.45) is 1.88. The molecule has 5 nitrogen and oxygen atoms in total. The minimum atomic E-state index is -3.40. The first-order valence-corrected chi connectivity index (χ1v) is 8.78. The van der Waals surface area contributed by atoms with E-state index < -0.39 is 10.0 Å². The number of hydrogen-bond donors (Lipinski definition) is 1. The van der Waals surface area contributed by atoms with Crippen molar-refractivity contribution in [2.24, 2.45) is 11.7 Å². The normalized spacial score (nSPS) is 23.5. The Labute approximate surface area is 118 Å². The van der Waals surface area contributed by atoms with Crippen molar-refractivity contribution in [3.05, 3.63) is 10.7 Å². The van der Waals surface area contributed by atoms with Crippen molar-refractivity contribution in [3.63, 3.8) is 0 Å². The van der Waals surface area contributed by atoms with Crippen LogP contribution in [0.2, 0.25) is 0 Å². The van der Waals surface area contributed by atoms with E-state index in [4.69, 9.17) is 5.73 Å². The summed E-state index contributed by atoms with van der Waals surface area (Å²) in [6.45, 7) is 6.64. The van der Waals surface area contributed by atoms with Crippen LogP contribution in [-0.4, -0.2) is 36.8 Å². The molecule has 0 unspecified atom stereocenters. The molecule has 1 aliphatic heterocycles. The third-order valence-electron chi connectivity index (χ3n) is 3.60. The van der Waals surface area contributed by atoms with Crippen molar-refractivity contribution in [2.45, 2.75) is 43.9 Å².